The number of aromatic nitrogens is 1. The number of aryl methyl sites for hydroxylation is 1. The fourth-order valence-corrected chi connectivity index (χ4v) is 6.36. The average molecular weight is 573 g/mol. The summed E-state index contributed by atoms with van der Waals surface area (Å²) in [7, 11) is -1.94. The normalized spacial score (nSPS) is 15.2. The molecule has 0 radical (unpaired) electrons. The van der Waals surface area contributed by atoms with Crippen LogP contribution >= 0.6 is 12.2 Å². The molecule has 2 atom stereocenters. The van der Waals surface area contributed by atoms with Crippen LogP contribution in [0, 0.1) is 20.4 Å². The summed E-state index contributed by atoms with van der Waals surface area (Å²) in [6.45, 7) is 2.56. The fraction of sp³-hybridized carbons (Fsp3) is 0.129. The van der Waals surface area contributed by atoms with Gasteiger partial charge < -0.3 is 9.67 Å². The molecule has 0 saturated carbocycles. The fourth-order valence-electron chi connectivity index (χ4n) is 4.77. The molecule has 0 spiro atoms. The molecule has 6 nitrogen and oxygen atoms in total. The summed E-state index contributed by atoms with van der Waals surface area (Å²) in [5.41, 5.74) is 2.68. The van der Waals surface area contributed by atoms with Gasteiger partial charge in [-0.25, -0.2) is 8.60 Å². The van der Waals surface area contributed by atoms with Crippen LogP contribution in [0.3, 0.4) is 0 Å². The lowest BCUT2D eigenvalue weighted by Crippen LogP contribution is -2.02. The van der Waals surface area contributed by atoms with E-state index in [-0.39, 0.29) is 33.0 Å². The number of rotatable bonds is 7. The highest BCUT2D eigenvalue weighted by Gasteiger charge is 2.21. The smallest absolute Gasteiger partial charge is 0.285 e. The average Bonchev–Trinajstić information content (AvgIpc) is 2.97. The highest BCUT2D eigenvalue weighted by atomic mass is 32.2. The Hall–Kier alpha value is -4.21. The molecular formula is C31H25FN2O4S2. The maximum Gasteiger partial charge on any atom is 0.285 e. The highest BCUT2D eigenvalue weighted by molar-refractivity contribution is 7.85. The number of nitro groups is 1. The molecule has 0 fully saturated rings. The van der Waals surface area contributed by atoms with Crippen molar-refractivity contribution in [2.24, 2.45) is 0 Å². The van der Waals surface area contributed by atoms with Crippen molar-refractivity contribution in [2.45, 2.75) is 35.6 Å². The van der Waals surface area contributed by atoms with E-state index in [1.54, 1.807) is 18.2 Å². The van der Waals surface area contributed by atoms with E-state index >= 15 is 4.39 Å². The third-order valence-corrected chi connectivity index (χ3v) is 8.66. The van der Waals surface area contributed by atoms with Crippen molar-refractivity contribution in [1.29, 1.82) is 0 Å². The molecule has 202 valence electrons. The van der Waals surface area contributed by atoms with Crippen LogP contribution in [0.2, 0.25) is 0 Å². The van der Waals surface area contributed by atoms with E-state index in [0.29, 0.717) is 38.9 Å². The van der Waals surface area contributed by atoms with Crippen LogP contribution in [0.5, 0.6) is 5.75 Å². The van der Waals surface area contributed by atoms with E-state index in [9.17, 15) is 19.4 Å². The SMILES string of the molecule is CCn1cc(-c2cc(O)cc(S(=O)c3ccccc3[N+](=O)[O-])c2)c(=S)c(-c2ccc(C3C=CC=CC3)c(F)c2)c1. The van der Waals surface area contributed by atoms with E-state index in [1.807, 2.05) is 54.3 Å². The van der Waals surface area contributed by atoms with Crippen molar-refractivity contribution in [1.82, 2.24) is 4.57 Å². The third-order valence-electron chi connectivity index (χ3n) is 6.81. The largest absolute Gasteiger partial charge is 0.508 e. The number of benzene rings is 3. The number of halogens is 1. The first kappa shape index (κ1) is 27.4. The number of aromatic hydroxyl groups is 1. The number of phenols is 1. The van der Waals surface area contributed by atoms with Crippen molar-refractivity contribution in [2.75, 3.05) is 0 Å². The number of hydrogen-bond acceptors (Lipinski definition) is 5. The zero-order chi connectivity index (χ0) is 28.4. The van der Waals surface area contributed by atoms with Crippen molar-refractivity contribution in [3.05, 3.63) is 123 Å². The zero-order valence-corrected chi connectivity index (χ0v) is 23.1. The molecule has 3 aromatic carbocycles. The van der Waals surface area contributed by atoms with E-state index in [1.165, 1.54) is 36.4 Å². The van der Waals surface area contributed by atoms with Crippen molar-refractivity contribution in [3.8, 4) is 28.0 Å². The molecular weight excluding hydrogens is 547 g/mol. The summed E-state index contributed by atoms with van der Waals surface area (Å²) in [4.78, 5) is 11.1. The van der Waals surface area contributed by atoms with Crippen molar-refractivity contribution in [3.63, 3.8) is 0 Å². The number of nitro benzene ring substituents is 1. The molecule has 1 aliphatic rings. The topological polar surface area (TPSA) is 85.4 Å². The molecule has 40 heavy (non-hydrogen) atoms. The first-order chi connectivity index (χ1) is 19.3. The Morgan fingerprint density at radius 2 is 1.82 bits per heavy atom. The summed E-state index contributed by atoms with van der Waals surface area (Å²) < 4.78 is 31.0. The van der Waals surface area contributed by atoms with Crippen LogP contribution in [0.15, 0.2) is 107 Å². The maximum absolute atomic E-state index is 15.3. The Morgan fingerprint density at radius 1 is 1.07 bits per heavy atom. The molecule has 4 aromatic rings. The molecule has 1 N–H and O–H groups in total. The van der Waals surface area contributed by atoms with Crippen molar-refractivity contribution >= 4 is 28.7 Å². The highest BCUT2D eigenvalue weighted by Crippen LogP contribution is 2.36. The van der Waals surface area contributed by atoms with E-state index in [2.05, 4.69) is 0 Å². The molecule has 1 heterocycles. The lowest BCUT2D eigenvalue weighted by Gasteiger charge is -2.17. The Morgan fingerprint density at radius 3 is 2.50 bits per heavy atom. The number of pyridine rings is 1. The lowest BCUT2D eigenvalue weighted by atomic mass is 9.90. The van der Waals surface area contributed by atoms with Gasteiger partial charge in [0.1, 0.15) is 16.5 Å². The second-order valence-electron chi connectivity index (χ2n) is 9.35. The summed E-state index contributed by atoms with van der Waals surface area (Å²) in [6.07, 6.45) is 12.3. The van der Waals surface area contributed by atoms with Crippen LogP contribution in [-0.4, -0.2) is 18.8 Å². The molecule has 0 bridgehead atoms. The molecule has 9 heteroatoms. The van der Waals surface area contributed by atoms with E-state index in [0.717, 1.165) is 6.42 Å². The van der Waals surface area contributed by atoms with Gasteiger partial charge in [0.2, 0.25) is 0 Å². The standard InChI is InChI=1S/C31H25FN2O4S2/c1-2-33-18-26(21-12-13-25(28(32)16-21)20-8-4-3-5-9-20)31(39)27(19-33)22-14-23(35)17-24(15-22)40(38)30-11-7-6-10-29(30)34(36)37/h3-8,10-20,35H,2,9H2,1H3. The minimum atomic E-state index is -1.94. The second kappa shape index (κ2) is 11.5. The van der Waals surface area contributed by atoms with Crippen LogP contribution in [0.25, 0.3) is 22.3 Å². The van der Waals surface area contributed by atoms with Crippen LogP contribution in [0.1, 0.15) is 24.8 Å². The van der Waals surface area contributed by atoms with Gasteiger partial charge in [0.05, 0.1) is 20.2 Å². The van der Waals surface area contributed by atoms with Gasteiger partial charge >= 0.3 is 0 Å². The van der Waals surface area contributed by atoms with Crippen LogP contribution in [-0.2, 0) is 17.3 Å². The van der Waals surface area contributed by atoms with Gasteiger partial charge in [-0.05, 0) is 60.4 Å². The lowest BCUT2D eigenvalue weighted by molar-refractivity contribution is -0.387. The van der Waals surface area contributed by atoms with Gasteiger partial charge in [0, 0.05) is 46.9 Å². The van der Waals surface area contributed by atoms with Gasteiger partial charge in [-0.1, -0.05) is 60.8 Å². The molecule has 0 amide bonds. The number of para-hydroxylation sites is 1. The van der Waals surface area contributed by atoms with Gasteiger partial charge in [0.25, 0.3) is 5.69 Å². The Kier molecular flexibility index (Phi) is 7.86. The molecule has 5 rings (SSSR count). The summed E-state index contributed by atoms with van der Waals surface area (Å²) in [5.74, 6) is -0.502. The minimum Gasteiger partial charge on any atom is -0.508 e. The first-order valence-electron chi connectivity index (χ1n) is 12.6. The summed E-state index contributed by atoms with van der Waals surface area (Å²) in [6, 6.07) is 15.4. The number of phenolic OH excluding ortho intramolecular Hbond substituents is 1. The number of allylic oxidation sites excluding steroid dienone is 4. The second-order valence-corrected chi connectivity index (χ2v) is 11.2. The quantitative estimate of drug-likeness (QED) is 0.137. The van der Waals surface area contributed by atoms with E-state index < -0.39 is 15.7 Å². The first-order valence-corrected chi connectivity index (χ1v) is 14.2. The van der Waals surface area contributed by atoms with Crippen LogP contribution in [0.4, 0.5) is 10.1 Å². The Bertz CT molecular complexity index is 1780. The Labute approximate surface area is 238 Å². The third kappa shape index (κ3) is 5.43. The van der Waals surface area contributed by atoms with Crippen molar-refractivity contribution < 1.29 is 18.6 Å². The molecule has 2 unspecified atom stereocenters. The van der Waals surface area contributed by atoms with E-state index in [4.69, 9.17) is 12.2 Å². The summed E-state index contributed by atoms with van der Waals surface area (Å²) in [5, 5.41) is 22.1. The molecule has 1 aromatic heterocycles. The maximum atomic E-state index is 15.3. The minimum absolute atomic E-state index is 0.0267. The zero-order valence-electron chi connectivity index (χ0n) is 21.5. The summed E-state index contributed by atoms with van der Waals surface area (Å²) >= 11 is 5.86. The monoisotopic (exact) mass is 572 g/mol. The van der Waals surface area contributed by atoms with Gasteiger partial charge in [-0.15, -0.1) is 0 Å². The van der Waals surface area contributed by atoms with Crippen LogP contribution < -0.4 is 0 Å². The van der Waals surface area contributed by atoms with Gasteiger partial charge in [0.15, 0.2) is 0 Å². The molecule has 0 aliphatic heterocycles. The van der Waals surface area contributed by atoms with Gasteiger partial charge in [-0.2, -0.15) is 0 Å². The number of hydrogen-bond donors (Lipinski definition) is 1. The number of nitrogens with zero attached hydrogens (tertiary/aromatic N) is 2. The predicted molar refractivity (Wildman–Crippen MR) is 157 cm³/mol. The van der Waals surface area contributed by atoms with Gasteiger partial charge in [-0.3, -0.25) is 10.1 Å². The molecule has 0 saturated heterocycles. The molecule has 1 aliphatic carbocycles. The Balaban J connectivity index is 1.60. The predicted octanol–water partition coefficient (Wildman–Crippen LogP) is 8.09.